The molecule has 1 aromatic carbocycles. The van der Waals surface area contributed by atoms with Gasteiger partial charge in [-0.1, -0.05) is 25.1 Å². The highest BCUT2D eigenvalue weighted by atomic mass is 16.1. The number of rotatable bonds is 9. The maximum Gasteiger partial charge on any atom is 0.258 e. The van der Waals surface area contributed by atoms with E-state index in [9.17, 15) is 9.59 Å². The van der Waals surface area contributed by atoms with Gasteiger partial charge in [-0.25, -0.2) is 4.98 Å². The fourth-order valence-electron chi connectivity index (χ4n) is 3.79. The second-order valence-electron chi connectivity index (χ2n) is 7.80. The van der Waals surface area contributed by atoms with Crippen molar-refractivity contribution in [2.24, 2.45) is 0 Å². The quantitative estimate of drug-likeness (QED) is 0.430. The molecule has 2 heterocycles. The van der Waals surface area contributed by atoms with E-state index in [1.807, 2.05) is 44.2 Å². The minimum Gasteiger partial charge on any atom is -0.345 e. The van der Waals surface area contributed by atoms with E-state index in [0.29, 0.717) is 29.8 Å². The number of para-hydroxylation sites is 1. The van der Waals surface area contributed by atoms with Crippen LogP contribution in [0, 0.1) is 13.8 Å². The minimum absolute atomic E-state index is 0.0712. The Balaban J connectivity index is 1.87. The van der Waals surface area contributed by atoms with E-state index >= 15 is 0 Å². The van der Waals surface area contributed by atoms with Gasteiger partial charge in [-0.3, -0.25) is 14.5 Å². The molecule has 0 saturated heterocycles. The molecule has 0 bridgehead atoms. The van der Waals surface area contributed by atoms with Gasteiger partial charge in [0.15, 0.2) is 5.78 Å². The molecule has 3 rings (SSSR count). The molecule has 158 valence electrons. The van der Waals surface area contributed by atoms with Crippen molar-refractivity contribution in [1.29, 1.82) is 0 Å². The number of aromatic amines is 1. The molecule has 2 aromatic heterocycles. The second kappa shape index (κ2) is 9.22. The van der Waals surface area contributed by atoms with Crippen LogP contribution in [0.25, 0.3) is 10.9 Å². The summed E-state index contributed by atoms with van der Waals surface area (Å²) >= 11 is 0. The third kappa shape index (κ3) is 4.44. The first kappa shape index (κ1) is 21.7. The summed E-state index contributed by atoms with van der Waals surface area (Å²) in [6, 6.07) is 9.41. The van der Waals surface area contributed by atoms with Crippen molar-refractivity contribution >= 4 is 16.7 Å². The van der Waals surface area contributed by atoms with Gasteiger partial charge in [0.25, 0.3) is 5.56 Å². The van der Waals surface area contributed by atoms with Crippen molar-refractivity contribution in [2.45, 2.75) is 53.2 Å². The Labute approximate surface area is 177 Å². The number of benzene rings is 1. The van der Waals surface area contributed by atoms with Crippen molar-refractivity contribution in [3.8, 4) is 0 Å². The highest BCUT2D eigenvalue weighted by Gasteiger charge is 2.22. The molecule has 30 heavy (non-hydrogen) atoms. The molecule has 1 N–H and O–H groups in total. The summed E-state index contributed by atoms with van der Waals surface area (Å²) in [7, 11) is 0. The zero-order valence-electron chi connectivity index (χ0n) is 18.2. The van der Waals surface area contributed by atoms with E-state index < -0.39 is 0 Å². The summed E-state index contributed by atoms with van der Waals surface area (Å²) in [5.41, 5.74) is 3.26. The Morgan fingerprint density at radius 1 is 1.33 bits per heavy atom. The summed E-state index contributed by atoms with van der Waals surface area (Å²) < 4.78 is 2.09. The lowest BCUT2D eigenvalue weighted by Gasteiger charge is -2.27. The molecular formula is C24H30N4O2. The number of Topliss-reactive ketones (excluding diaryl/α,β-unsaturated/α-hetero) is 1. The first-order valence-electron chi connectivity index (χ1n) is 10.4. The Kier molecular flexibility index (Phi) is 6.67. The number of nitrogens with one attached hydrogen (secondary N) is 1. The van der Waals surface area contributed by atoms with Gasteiger partial charge in [0, 0.05) is 29.5 Å². The van der Waals surface area contributed by atoms with Crippen LogP contribution in [-0.2, 0) is 13.1 Å². The molecule has 0 amide bonds. The number of allylic oxidation sites excluding steroid dienone is 1. The standard InChI is InChI=1S/C24H30N4O2/c1-6-12-28-17(4)13-20(18(28)5)22(29)14-27(16(3)7-2)15-23-25-21-11-9-8-10-19(21)24(30)26-23/h6,8-11,13,16H,1,7,12,14-15H2,2-5H3,(H,25,26,30). The number of fused-ring (bicyclic) bond motifs is 1. The molecule has 1 atom stereocenters. The number of H-pyrrole nitrogens is 1. The van der Waals surface area contributed by atoms with Crippen LogP contribution in [0.2, 0.25) is 0 Å². The first-order chi connectivity index (χ1) is 14.3. The third-order valence-electron chi connectivity index (χ3n) is 5.76. The summed E-state index contributed by atoms with van der Waals surface area (Å²) in [5.74, 6) is 0.644. The van der Waals surface area contributed by atoms with Gasteiger partial charge < -0.3 is 9.55 Å². The number of carbonyl (C=O) groups excluding carboxylic acids is 1. The van der Waals surface area contributed by atoms with Crippen molar-refractivity contribution in [1.82, 2.24) is 19.4 Å². The number of aryl methyl sites for hydroxylation is 1. The molecule has 6 heteroatoms. The smallest absolute Gasteiger partial charge is 0.258 e. The summed E-state index contributed by atoms with van der Waals surface area (Å²) in [4.78, 5) is 35.1. The Hall–Kier alpha value is -2.99. The monoisotopic (exact) mass is 406 g/mol. The molecule has 0 saturated carbocycles. The fraction of sp³-hybridized carbons (Fsp3) is 0.375. The molecular weight excluding hydrogens is 376 g/mol. The maximum atomic E-state index is 13.2. The lowest BCUT2D eigenvalue weighted by Crippen LogP contribution is -2.37. The van der Waals surface area contributed by atoms with Gasteiger partial charge in [0.05, 0.1) is 24.0 Å². The number of ketones is 1. The predicted molar refractivity (Wildman–Crippen MR) is 121 cm³/mol. The molecule has 1 unspecified atom stereocenters. The molecule has 0 spiro atoms. The van der Waals surface area contributed by atoms with E-state index in [4.69, 9.17) is 0 Å². The molecule has 0 fully saturated rings. The predicted octanol–water partition coefficient (Wildman–Crippen LogP) is 4.01. The van der Waals surface area contributed by atoms with E-state index in [0.717, 1.165) is 23.4 Å². The summed E-state index contributed by atoms with van der Waals surface area (Å²) in [6.07, 6.45) is 2.72. The average Bonchev–Trinajstić information content (AvgIpc) is 3.01. The number of nitrogens with zero attached hydrogens (tertiary/aromatic N) is 3. The van der Waals surface area contributed by atoms with Crippen LogP contribution in [0.5, 0.6) is 0 Å². The van der Waals surface area contributed by atoms with Crippen molar-refractivity contribution < 1.29 is 4.79 Å². The summed E-state index contributed by atoms with van der Waals surface area (Å²) in [6.45, 7) is 13.3. The molecule has 3 aromatic rings. The fourth-order valence-corrected chi connectivity index (χ4v) is 3.79. The number of carbonyl (C=O) groups is 1. The normalized spacial score (nSPS) is 12.4. The maximum absolute atomic E-state index is 13.2. The van der Waals surface area contributed by atoms with E-state index in [-0.39, 0.29) is 23.9 Å². The summed E-state index contributed by atoms with van der Waals surface area (Å²) in [5, 5.41) is 0.571. The zero-order valence-corrected chi connectivity index (χ0v) is 18.2. The van der Waals surface area contributed by atoms with Gasteiger partial charge in [-0.15, -0.1) is 6.58 Å². The van der Waals surface area contributed by atoms with Crippen LogP contribution in [-0.4, -0.2) is 37.8 Å². The van der Waals surface area contributed by atoms with E-state index in [1.165, 1.54) is 0 Å². The van der Waals surface area contributed by atoms with Crippen LogP contribution >= 0.6 is 0 Å². The molecule has 6 nitrogen and oxygen atoms in total. The minimum atomic E-state index is -0.154. The van der Waals surface area contributed by atoms with E-state index in [1.54, 1.807) is 6.07 Å². The molecule has 0 aliphatic carbocycles. The van der Waals surface area contributed by atoms with Gasteiger partial charge in [-0.05, 0) is 45.4 Å². The number of hydrogen-bond acceptors (Lipinski definition) is 4. The average molecular weight is 407 g/mol. The van der Waals surface area contributed by atoms with Crippen LogP contribution in [0.15, 0.2) is 47.8 Å². The highest BCUT2D eigenvalue weighted by Crippen LogP contribution is 2.18. The Bertz CT molecular complexity index is 1130. The lowest BCUT2D eigenvalue weighted by atomic mass is 10.1. The van der Waals surface area contributed by atoms with Crippen LogP contribution in [0.4, 0.5) is 0 Å². The largest absolute Gasteiger partial charge is 0.345 e. The van der Waals surface area contributed by atoms with E-state index in [2.05, 4.69) is 39.9 Å². The van der Waals surface area contributed by atoms with Crippen LogP contribution in [0.1, 0.15) is 47.8 Å². The van der Waals surface area contributed by atoms with Gasteiger partial charge >= 0.3 is 0 Å². The zero-order chi connectivity index (χ0) is 21.8. The van der Waals surface area contributed by atoms with Crippen molar-refractivity contribution in [3.05, 3.63) is 76.1 Å². The molecule has 0 radical (unpaired) electrons. The van der Waals surface area contributed by atoms with Gasteiger partial charge in [-0.2, -0.15) is 0 Å². The van der Waals surface area contributed by atoms with Gasteiger partial charge in [0.2, 0.25) is 0 Å². The third-order valence-corrected chi connectivity index (χ3v) is 5.76. The van der Waals surface area contributed by atoms with Crippen LogP contribution < -0.4 is 5.56 Å². The Morgan fingerprint density at radius 2 is 2.07 bits per heavy atom. The molecule has 0 aliphatic heterocycles. The van der Waals surface area contributed by atoms with Crippen molar-refractivity contribution in [2.75, 3.05) is 6.54 Å². The van der Waals surface area contributed by atoms with Gasteiger partial charge in [0.1, 0.15) is 5.82 Å². The van der Waals surface area contributed by atoms with Crippen LogP contribution in [0.3, 0.4) is 0 Å². The number of aromatic nitrogens is 3. The lowest BCUT2D eigenvalue weighted by molar-refractivity contribution is 0.0883. The first-order valence-corrected chi connectivity index (χ1v) is 10.4. The molecule has 0 aliphatic rings. The topological polar surface area (TPSA) is 71.0 Å². The second-order valence-corrected chi connectivity index (χ2v) is 7.80. The Morgan fingerprint density at radius 3 is 2.77 bits per heavy atom. The SMILES string of the molecule is C=CCn1c(C)cc(C(=O)CN(Cc2nc3ccccc3c(=O)[nH]2)C(C)CC)c1C. The highest BCUT2D eigenvalue weighted by molar-refractivity contribution is 5.99. The van der Waals surface area contributed by atoms with Crippen molar-refractivity contribution in [3.63, 3.8) is 0 Å². The number of hydrogen-bond donors (Lipinski definition) is 1.